The Balaban J connectivity index is 0.000000232. The first kappa shape index (κ1) is 43.7. The summed E-state index contributed by atoms with van der Waals surface area (Å²) < 4.78 is 13.5. The van der Waals surface area contributed by atoms with Gasteiger partial charge in [-0.1, -0.05) is 33.8 Å². The van der Waals surface area contributed by atoms with Gasteiger partial charge < -0.3 is 29.4 Å². The molecule has 6 rings (SSSR count). The maximum absolute atomic E-state index is 12.5. The van der Waals surface area contributed by atoms with Gasteiger partial charge in [0.2, 0.25) is 12.3 Å². The number of pyridine rings is 1. The standard InChI is InChI=1S/C17H28N2O3.C17H18N2O2S.C4H7NOS.C2H6/c1-3-4-5-6-12-22-13(2)17(21)19-11-7-8-15(19)16(20)18-14-9-10-14;1-9(2)13-8-22-17(19-13)12-7-14(20)11-5-6-15(21-4)10(3)16(11)18-12;6-3-5-7-4-1-2-4;1-2/h3,13-15H,1,4-12H2,2H3,(H,18,20);5-9H,1-4H3,(H,18,20);3-4H,1-2H2,(H,5,6);1-2H3/t13-,15?;;;/m1.../s1. The summed E-state index contributed by atoms with van der Waals surface area (Å²) in [6.45, 7) is 16.9. The van der Waals surface area contributed by atoms with E-state index in [0.29, 0.717) is 30.5 Å². The predicted molar refractivity (Wildman–Crippen MR) is 218 cm³/mol. The second kappa shape index (κ2) is 22.5. The van der Waals surface area contributed by atoms with Crippen molar-refractivity contribution in [2.24, 2.45) is 0 Å². The van der Waals surface area contributed by atoms with Crippen molar-refractivity contribution in [2.45, 2.75) is 129 Å². The van der Waals surface area contributed by atoms with E-state index < -0.39 is 6.10 Å². The highest BCUT2D eigenvalue weighted by Crippen LogP contribution is 2.31. The van der Waals surface area contributed by atoms with Gasteiger partial charge in [0, 0.05) is 46.8 Å². The molecule has 13 heteroatoms. The molecule has 0 spiro atoms. The fourth-order valence-corrected chi connectivity index (χ4v) is 7.12. The minimum atomic E-state index is -0.474. The number of rotatable bonds is 15. The van der Waals surface area contributed by atoms with Crippen molar-refractivity contribution in [1.29, 1.82) is 0 Å². The molecule has 0 radical (unpaired) electrons. The third-order valence-corrected chi connectivity index (χ3v) is 10.8. The number of aryl methyl sites for hydroxylation is 1. The van der Waals surface area contributed by atoms with Crippen molar-refractivity contribution in [2.75, 3.05) is 20.3 Å². The van der Waals surface area contributed by atoms with E-state index in [4.69, 9.17) is 9.47 Å². The molecule has 53 heavy (non-hydrogen) atoms. The Labute approximate surface area is 323 Å². The van der Waals surface area contributed by atoms with Crippen LogP contribution < -0.4 is 20.2 Å². The summed E-state index contributed by atoms with van der Waals surface area (Å²) in [6, 6.07) is 5.28. The number of H-pyrrole nitrogens is 1. The Hall–Kier alpha value is -3.68. The lowest BCUT2D eigenvalue weighted by molar-refractivity contribution is -0.147. The van der Waals surface area contributed by atoms with Crippen molar-refractivity contribution in [3.05, 3.63) is 57.7 Å². The number of carbonyl (C=O) groups excluding carboxylic acids is 3. The highest BCUT2D eigenvalue weighted by molar-refractivity contribution is 7.98. The fourth-order valence-electron chi connectivity index (χ4n) is 5.54. The quantitative estimate of drug-likeness (QED) is 0.0619. The summed E-state index contributed by atoms with van der Waals surface area (Å²) in [6.07, 6.45) is 11.4. The van der Waals surface area contributed by atoms with E-state index in [2.05, 4.69) is 40.4 Å². The summed E-state index contributed by atoms with van der Waals surface area (Å²) in [5.41, 5.74) is 3.53. The maximum Gasteiger partial charge on any atom is 0.252 e. The second-order valence-corrected chi connectivity index (χ2v) is 15.4. The highest BCUT2D eigenvalue weighted by atomic mass is 32.2. The average molecular weight is 770 g/mol. The normalized spacial score (nSPS) is 16.6. The lowest BCUT2D eigenvalue weighted by atomic mass is 10.1. The number of likely N-dealkylation sites (tertiary alicyclic amines) is 1. The number of nitrogens with one attached hydrogen (secondary N) is 3. The van der Waals surface area contributed by atoms with Gasteiger partial charge in [-0.05, 0) is 102 Å². The lowest BCUT2D eigenvalue weighted by Crippen LogP contribution is -2.49. The van der Waals surface area contributed by atoms with Crippen molar-refractivity contribution < 1.29 is 23.9 Å². The Morgan fingerprint density at radius 1 is 1.15 bits per heavy atom. The van der Waals surface area contributed by atoms with Crippen LogP contribution in [0.5, 0.6) is 5.75 Å². The van der Waals surface area contributed by atoms with Crippen LogP contribution in [-0.4, -0.2) is 76.8 Å². The smallest absolute Gasteiger partial charge is 0.252 e. The van der Waals surface area contributed by atoms with Crippen LogP contribution in [0.2, 0.25) is 0 Å². The molecule has 2 atom stereocenters. The van der Waals surface area contributed by atoms with E-state index >= 15 is 0 Å². The van der Waals surface area contributed by atoms with Crippen molar-refractivity contribution >= 4 is 52.4 Å². The highest BCUT2D eigenvalue weighted by Gasteiger charge is 2.38. The molecule has 292 valence electrons. The van der Waals surface area contributed by atoms with Gasteiger partial charge in [-0.2, -0.15) is 0 Å². The van der Waals surface area contributed by atoms with Gasteiger partial charge in [0.15, 0.2) is 5.43 Å². The molecule has 3 N–H and O–H groups in total. The number of fused-ring (bicyclic) bond motifs is 1. The van der Waals surface area contributed by atoms with E-state index in [1.807, 2.05) is 38.3 Å². The molecule has 1 unspecified atom stereocenters. The van der Waals surface area contributed by atoms with Crippen molar-refractivity contribution in [1.82, 2.24) is 24.9 Å². The first-order valence-electron chi connectivity index (χ1n) is 18.9. The van der Waals surface area contributed by atoms with Gasteiger partial charge in [0.05, 0.1) is 24.0 Å². The molecule has 3 aliphatic rings. The largest absolute Gasteiger partial charge is 0.496 e. The number of methoxy groups -OCH3 is 1. The number of thiazole rings is 1. The SMILES string of the molecule is C=CCCCCO[C@H](C)C(=O)N1CCCC1C(=O)NC1CC1.CC.COc1ccc2c(=O)cc(-c3nc(C(C)C)cs3)[nH]c2c1C.O=CNSC1CC1. The monoisotopic (exact) mass is 769 g/mol. The lowest BCUT2D eigenvalue weighted by Gasteiger charge is -2.26. The fraction of sp³-hybridized carbons (Fsp3) is 0.575. The number of aromatic amines is 1. The van der Waals surface area contributed by atoms with Gasteiger partial charge in [0.1, 0.15) is 22.9 Å². The molecule has 1 aliphatic heterocycles. The number of ether oxygens (including phenoxy) is 2. The Morgan fingerprint density at radius 3 is 2.49 bits per heavy atom. The van der Waals surface area contributed by atoms with Crippen LogP contribution in [-0.2, 0) is 19.1 Å². The Morgan fingerprint density at radius 2 is 1.89 bits per heavy atom. The van der Waals surface area contributed by atoms with Crippen molar-refractivity contribution in [3.63, 3.8) is 0 Å². The third kappa shape index (κ3) is 13.6. The maximum atomic E-state index is 12.5. The molecule has 1 saturated heterocycles. The van der Waals surface area contributed by atoms with Crippen LogP contribution in [0.3, 0.4) is 0 Å². The van der Waals surface area contributed by atoms with Crippen LogP contribution >= 0.6 is 23.3 Å². The van der Waals surface area contributed by atoms with E-state index in [1.165, 1.54) is 24.8 Å². The molecule has 0 bridgehead atoms. The van der Waals surface area contributed by atoms with E-state index in [1.54, 1.807) is 42.4 Å². The number of aromatic nitrogens is 2. The summed E-state index contributed by atoms with van der Waals surface area (Å²) in [7, 11) is 1.63. The number of hydrogen-bond acceptors (Lipinski definition) is 9. The number of carbonyl (C=O) groups is 3. The molecule has 2 aromatic heterocycles. The topological polar surface area (TPSA) is 143 Å². The van der Waals surface area contributed by atoms with Gasteiger partial charge >= 0.3 is 0 Å². The molecular formula is C40H59N5O6S2. The third-order valence-electron chi connectivity index (χ3n) is 8.87. The van der Waals surface area contributed by atoms with Crippen LogP contribution in [0, 0.1) is 6.92 Å². The van der Waals surface area contributed by atoms with Gasteiger partial charge in [-0.15, -0.1) is 17.9 Å². The molecule has 3 heterocycles. The van der Waals surface area contributed by atoms with E-state index in [0.717, 1.165) is 89.8 Å². The minimum absolute atomic E-state index is 0.00389. The molecule has 3 aromatic rings. The van der Waals surface area contributed by atoms with E-state index in [-0.39, 0.29) is 23.3 Å². The zero-order valence-electron chi connectivity index (χ0n) is 32.5. The molecular weight excluding hydrogens is 711 g/mol. The number of allylic oxidation sites excluding steroid dienone is 1. The number of amides is 3. The van der Waals surface area contributed by atoms with Gasteiger partial charge in [-0.3, -0.25) is 19.2 Å². The molecule has 3 amide bonds. The zero-order chi connectivity index (χ0) is 38.9. The average Bonchev–Trinajstić information content (AvgIpc) is 4.06. The molecule has 11 nitrogen and oxygen atoms in total. The molecule has 2 aliphatic carbocycles. The first-order valence-corrected chi connectivity index (χ1v) is 20.7. The summed E-state index contributed by atoms with van der Waals surface area (Å²) in [5, 5.41) is 7.28. The molecule has 3 fully saturated rings. The minimum Gasteiger partial charge on any atom is -0.496 e. The molecule has 1 aromatic carbocycles. The number of unbranched alkanes of at least 4 members (excludes halogenated alkanes) is 2. The molecule has 2 saturated carbocycles. The predicted octanol–water partition coefficient (Wildman–Crippen LogP) is 7.68. The van der Waals surface area contributed by atoms with Crippen LogP contribution in [0.25, 0.3) is 21.6 Å². The summed E-state index contributed by atoms with van der Waals surface area (Å²) >= 11 is 3.08. The van der Waals surface area contributed by atoms with Crippen molar-refractivity contribution in [3.8, 4) is 16.5 Å². The van der Waals surface area contributed by atoms with Gasteiger partial charge in [0.25, 0.3) is 5.91 Å². The number of benzene rings is 1. The van der Waals surface area contributed by atoms with E-state index in [9.17, 15) is 19.2 Å². The Kier molecular flexibility index (Phi) is 18.6. The first-order chi connectivity index (χ1) is 25.6. The van der Waals surface area contributed by atoms with Gasteiger partial charge in [-0.25, -0.2) is 4.98 Å². The summed E-state index contributed by atoms with van der Waals surface area (Å²) in [5.74, 6) is 1.09. The Bertz CT molecular complexity index is 1680. The summed E-state index contributed by atoms with van der Waals surface area (Å²) in [4.78, 5) is 56.3. The zero-order valence-corrected chi connectivity index (χ0v) is 34.1. The second-order valence-electron chi connectivity index (χ2n) is 13.4. The van der Waals surface area contributed by atoms with Crippen LogP contribution in [0.15, 0.2) is 41.0 Å². The van der Waals surface area contributed by atoms with Crippen LogP contribution in [0.4, 0.5) is 0 Å². The van der Waals surface area contributed by atoms with Crippen LogP contribution in [0.1, 0.15) is 110 Å². The number of hydrogen-bond donors (Lipinski definition) is 3. The number of nitrogens with zero attached hydrogens (tertiary/aromatic N) is 2.